The second-order valence-corrected chi connectivity index (χ2v) is 5.39. The van der Waals surface area contributed by atoms with Crippen molar-refractivity contribution in [2.75, 3.05) is 20.8 Å². The van der Waals surface area contributed by atoms with E-state index in [-0.39, 0.29) is 0 Å². The summed E-state index contributed by atoms with van der Waals surface area (Å²) < 4.78 is 10.8. The first-order chi connectivity index (χ1) is 8.76. The zero-order valence-corrected chi connectivity index (χ0v) is 11.5. The predicted octanol–water partition coefficient (Wildman–Crippen LogP) is 2.95. The Kier molecular flexibility index (Phi) is 3.12. The van der Waals surface area contributed by atoms with Gasteiger partial charge in [0.15, 0.2) is 11.5 Å². The van der Waals surface area contributed by atoms with Gasteiger partial charge in [0.1, 0.15) is 0 Å². The molecule has 1 aliphatic heterocycles. The zero-order chi connectivity index (χ0) is 12.7. The van der Waals surface area contributed by atoms with Gasteiger partial charge in [-0.3, -0.25) is 0 Å². The van der Waals surface area contributed by atoms with Crippen molar-refractivity contribution in [1.29, 1.82) is 0 Å². The van der Waals surface area contributed by atoms with E-state index in [1.54, 1.807) is 14.2 Å². The Bertz CT molecular complexity index is 471. The van der Waals surface area contributed by atoms with E-state index in [1.165, 1.54) is 24.0 Å². The summed E-state index contributed by atoms with van der Waals surface area (Å²) in [5, 5.41) is 4.32. The van der Waals surface area contributed by atoms with Gasteiger partial charge >= 0.3 is 0 Å². The Labute approximate surface area is 112 Å². The fourth-order valence-electron chi connectivity index (χ4n) is 2.85. The highest BCUT2D eigenvalue weighted by Crippen LogP contribution is 2.48. The van der Waals surface area contributed by atoms with E-state index >= 15 is 0 Å². The van der Waals surface area contributed by atoms with Crippen LogP contribution in [0.2, 0.25) is 5.02 Å². The Hall–Kier alpha value is -0.930. The number of halogens is 1. The summed E-state index contributed by atoms with van der Waals surface area (Å²) in [6.07, 6.45) is 3.57. The summed E-state index contributed by atoms with van der Waals surface area (Å²) in [5.74, 6) is 2.16. The molecule has 1 unspecified atom stereocenters. The quantitative estimate of drug-likeness (QED) is 0.913. The van der Waals surface area contributed by atoms with Gasteiger partial charge in [-0.25, -0.2) is 0 Å². The van der Waals surface area contributed by atoms with Crippen LogP contribution in [0.25, 0.3) is 0 Å². The van der Waals surface area contributed by atoms with Crippen LogP contribution in [0.5, 0.6) is 11.5 Å². The summed E-state index contributed by atoms with van der Waals surface area (Å²) in [4.78, 5) is 0. The summed E-state index contributed by atoms with van der Waals surface area (Å²) in [5.41, 5.74) is 2.52. The second kappa shape index (κ2) is 4.63. The molecule has 0 radical (unpaired) electrons. The number of fused-ring (bicyclic) bond motifs is 1. The molecule has 0 spiro atoms. The molecule has 1 fully saturated rings. The summed E-state index contributed by atoms with van der Waals surface area (Å²) >= 11 is 6.47. The molecule has 1 atom stereocenters. The van der Waals surface area contributed by atoms with Crippen molar-refractivity contribution in [2.24, 2.45) is 5.92 Å². The van der Waals surface area contributed by atoms with E-state index in [4.69, 9.17) is 21.1 Å². The maximum absolute atomic E-state index is 6.47. The van der Waals surface area contributed by atoms with Gasteiger partial charge in [-0.05, 0) is 48.9 Å². The van der Waals surface area contributed by atoms with Gasteiger partial charge in [0.25, 0.3) is 0 Å². The van der Waals surface area contributed by atoms with Gasteiger partial charge in [-0.15, -0.1) is 0 Å². The lowest BCUT2D eigenvalue weighted by atomic mass is 9.91. The lowest BCUT2D eigenvalue weighted by Crippen LogP contribution is -2.31. The highest BCUT2D eigenvalue weighted by molar-refractivity contribution is 6.33. The molecular formula is C14H18ClNO2. The molecule has 0 amide bonds. The molecule has 0 aromatic heterocycles. The van der Waals surface area contributed by atoms with Crippen LogP contribution >= 0.6 is 11.6 Å². The fourth-order valence-corrected chi connectivity index (χ4v) is 3.23. The molecule has 0 saturated heterocycles. The van der Waals surface area contributed by atoms with Crippen molar-refractivity contribution in [3.63, 3.8) is 0 Å². The summed E-state index contributed by atoms with van der Waals surface area (Å²) in [7, 11) is 3.29. The van der Waals surface area contributed by atoms with Crippen LogP contribution in [-0.4, -0.2) is 20.8 Å². The molecule has 1 heterocycles. The smallest absolute Gasteiger partial charge is 0.179 e. The van der Waals surface area contributed by atoms with Crippen LogP contribution in [-0.2, 0) is 6.42 Å². The SMILES string of the molecule is COc1cc2c(c(Cl)c1OC)CCNC2C1CC1. The average Bonchev–Trinajstić information content (AvgIpc) is 3.22. The molecule has 2 aliphatic rings. The van der Waals surface area contributed by atoms with Gasteiger partial charge in [0.05, 0.1) is 19.2 Å². The van der Waals surface area contributed by atoms with Crippen LogP contribution in [0.4, 0.5) is 0 Å². The molecule has 3 nitrogen and oxygen atoms in total. The van der Waals surface area contributed by atoms with Gasteiger partial charge in [0, 0.05) is 6.04 Å². The fraction of sp³-hybridized carbons (Fsp3) is 0.571. The number of hydrogen-bond donors (Lipinski definition) is 1. The lowest BCUT2D eigenvalue weighted by Gasteiger charge is -2.29. The van der Waals surface area contributed by atoms with E-state index in [0.29, 0.717) is 11.8 Å². The van der Waals surface area contributed by atoms with E-state index < -0.39 is 0 Å². The molecule has 1 saturated carbocycles. The molecule has 1 aromatic carbocycles. The van der Waals surface area contributed by atoms with E-state index in [2.05, 4.69) is 11.4 Å². The Morgan fingerprint density at radius 1 is 1.28 bits per heavy atom. The van der Waals surface area contributed by atoms with Crippen molar-refractivity contribution in [3.8, 4) is 11.5 Å². The second-order valence-electron chi connectivity index (χ2n) is 5.01. The minimum atomic E-state index is 0.436. The highest BCUT2D eigenvalue weighted by atomic mass is 35.5. The largest absolute Gasteiger partial charge is 0.493 e. The number of benzene rings is 1. The standard InChI is InChI=1S/C14H18ClNO2/c1-17-11-7-10-9(12(15)14(11)18-2)5-6-16-13(10)8-3-4-8/h7-8,13,16H,3-6H2,1-2H3. The van der Waals surface area contributed by atoms with E-state index in [1.807, 2.05) is 0 Å². The minimum Gasteiger partial charge on any atom is -0.493 e. The molecule has 3 rings (SSSR count). The average molecular weight is 268 g/mol. The zero-order valence-electron chi connectivity index (χ0n) is 10.8. The maximum atomic E-state index is 6.47. The minimum absolute atomic E-state index is 0.436. The molecule has 1 aliphatic carbocycles. The summed E-state index contributed by atoms with van der Waals surface area (Å²) in [6.45, 7) is 0.989. The monoisotopic (exact) mass is 267 g/mol. The number of ether oxygens (including phenoxy) is 2. The molecule has 18 heavy (non-hydrogen) atoms. The van der Waals surface area contributed by atoms with Gasteiger partial charge < -0.3 is 14.8 Å². The van der Waals surface area contributed by atoms with E-state index in [0.717, 1.165) is 29.7 Å². The first kappa shape index (κ1) is 12.1. The van der Waals surface area contributed by atoms with Crippen LogP contribution in [0.3, 0.4) is 0 Å². The highest BCUT2D eigenvalue weighted by Gasteiger charge is 2.36. The van der Waals surface area contributed by atoms with Gasteiger partial charge in [0.2, 0.25) is 0 Å². The van der Waals surface area contributed by atoms with Crippen molar-refractivity contribution in [3.05, 3.63) is 22.2 Å². The Morgan fingerprint density at radius 3 is 2.67 bits per heavy atom. The third kappa shape index (κ3) is 1.86. The Morgan fingerprint density at radius 2 is 2.06 bits per heavy atom. The number of methoxy groups -OCH3 is 2. The molecule has 98 valence electrons. The topological polar surface area (TPSA) is 30.5 Å². The number of hydrogen-bond acceptors (Lipinski definition) is 3. The van der Waals surface area contributed by atoms with Crippen LogP contribution in [0, 0.1) is 5.92 Å². The molecular weight excluding hydrogens is 250 g/mol. The first-order valence-electron chi connectivity index (χ1n) is 6.43. The molecule has 1 N–H and O–H groups in total. The van der Waals surface area contributed by atoms with Crippen molar-refractivity contribution in [1.82, 2.24) is 5.32 Å². The van der Waals surface area contributed by atoms with Crippen molar-refractivity contribution in [2.45, 2.75) is 25.3 Å². The third-order valence-electron chi connectivity index (χ3n) is 3.91. The van der Waals surface area contributed by atoms with E-state index in [9.17, 15) is 0 Å². The van der Waals surface area contributed by atoms with Gasteiger partial charge in [-0.2, -0.15) is 0 Å². The maximum Gasteiger partial charge on any atom is 0.179 e. The van der Waals surface area contributed by atoms with Crippen LogP contribution in [0.15, 0.2) is 6.07 Å². The Balaban J connectivity index is 2.11. The normalized spacial score (nSPS) is 22.5. The molecule has 0 bridgehead atoms. The van der Waals surface area contributed by atoms with Gasteiger partial charge in [-0.1, -0.05) is 11.6 Å². The van der Waals surface area contributed by atoms with Crippen LogP contribution < -0.4 is 14.8 Å². The number of nitrogens with one attached hydrogen (secondary N) is 1. The molecule has 1 aromatic rings. The predicted molar refractivity (Wildman–Crippen MR) is 71.7 cm³/mol. The van der Waals surface area contributed by atoms with Crippen LogP contribution in [0.1, 0.15) is 30.0 Å². The van der Waals surface area contributed by atoms with Crippen molar-refractivity contribution < 1.29 is 9.47 Å². The third-order valence-corrected chi connectivity index (χ3v) is 4.31. The number of rotatable bonds is 3. The molecule has 4 heteroatoms. The summed E-state index contributed by atoms with van der Waals surface area (Å²) in [6, 6.07) is 2.53. The lowest BCUT2D eigenvalue weighted by molar-refractivity contribution is 0.351. The first-order valence-corrected chi connectivity index (χ1v) is 6.80. The van der Waals surface area contributed by atoms with Crippen molar-refractivity contribution >= 4 is 11.6 Å².